The largest absolute Gasteiger partial charge is 0.393 e. The van der Waals surface area contributed by atoms with Crippen LogP contribution in [0.3, 0.4) is 0 Å². The van der Waals surface area contributed by atoms with Crippen LogP contribution in [0, 0.1) is 0 Å². The van der Waals surface area contributed by atoms with Crippen LogP contribution < -0.4 is 0 Å². The molecule has 25 heavy (non-hydrogen) atoms. The Morgan fingerprint density at radius 2 is 1.56 bits per heavy atom. The molecule has 0 spiro atoms. The van der Waals surface area contributed by atoms with E-state index in [1.54, 1.807) is 0 Å². The number of hydrogen-bond acceptors (Lipinski definition) is 3. The normalized spacial score (nSPS) is 23.5. The molecule has 1 unspecified atom stereocenters. The number of oxime groups is 1. The minimum Gasteiger partial charge on any atom is -0.375 e. The molecule has 1 rings (SSSR count). The van der Waals surface area contributed by atoms with Crippen molar-refractivity contribution in [1.82, 2.24) is 0 Å². The maximum absolute atomic E-state index is 14.5. The van der Waals surface area contributed by atoms with Crippen LogP contribution in [0.1, 0.15) is 19.8 Å². The number of halogens is 9. The van der Waals surface area contributed by atoms with E-state index >= 15 is 0 Å². The molecule has 0 fully saturated rings. The van der Waals surface area contributed by atoms with Gasteiger partial charge in [0.1, 0.15) is 0 Å². The van der Waals surface area contributed by atoms with E-state index in [9.17, 15) is 35.1 Å². The van der Waals surface area contributed by atoms with E-state index < -0.39 is 43.7 Å². The van der Waals surface area contributed by atoms with Crippen LogP contribution in [0.5, 0.6) is 0 Å². The fourth-order valence-electron chi connectivity index (χ4n) is 2.06. The molecule has 0 N–H and O–H groups in total. The Morgan fingerprint density at radius 3 is 1.88 bits per heavy atom. The molecule has 148 valence electrons. The first-order valence-corrected chi connectivity index (χ1v) is 10.8. The minimum absolute atomic E-state index is 0.0273. The predicted molar refractivity (Wildman–Crippen MR) is 76.2 cm³/mol. The van der Waals surface area contributed by atoms with E-state index in [1.807, 2.05) is 0 Å². The zero-order valence-corrected chi connectivity index (χ0v) is 15.3. The van der Waals surface area contributed by atoms with Crippen molar-refractivity contribution < 1.29 is 44.4 Å². The zero-order chi connectivity index (χ0) is 20.1. The van der Waals surface area contributed by atoms with E-state index in [0.717, 1.165) is 0 Å². The lowest BCUT2D eigenvalue weighted by molar-refractivity contribution is -0.414. The van der Waals surface area contributed by atoms with Gasteiger partial charge in [0.25, 0.3) is 0 Å². The maximum atomic E-state index is 14.5. The van der Waals surface area contributed by atoms with E-state index in [2.05, 4.69) is 21.6 Å². The molecule has 1 atom stereocenters. The highest BCUT2D eigenvalue weighted by Gasteiger charge is 2.87. The molecule has 0 aromatic heterocycles. The molecule has 0 aliphatic carbocycles. The van der Waals surface area contributed by atoms with Gasteiger partial charge in [-0.1, -0.05) is 12.1 Å². The van der Waals surface area contributed by atoms with Crippen LogP contribution in [-0.4, -0.2) is 43.0 Å². The molecule has 0 aromatic carbocycles. The Labute approximate surface area is 144 Å². The van der Waals surface area contributed by atoms with Gasteiger partial charge in [0.05, 0.1) is 12.1 Å². The summed E-state index contributed by atoms with van der Waals surface area (Å²) in [5.41, 5.74) is -0.172. The van der Waals surface area contributed by atoms with E-state index in [-0.39, 0.29) is 12.1 Å². The molecule has 0 radical (unpaired) electrons. The van der Waals surface area contributed by atoms with Gasteiger partial charge in [-0.05, 0) is 37.7 Å². The van der Waals surface area contributed by atoms with Gasteiger partial charge in [-0.15, -0.1) is 0 Å². The topological polar surface area (TPSA) is 30.8 Å². The van der Waals surface area contributed by atoms with Crippen molar-refractivity contribution in [3.05, 3.63) is 0 Å². The molecule has 0 saturated heterocycles. The first kappa shape index (κ1) is 22.4. The van der Waals surface area contributed by atoms with E-state index in [4.69, 9.17) is 4.43 Å². The molecule has 0 aromatic rings. The van der Waals surface area contributed by atoms with Gasteiger partial charge < -0.3 is 9.26 Å². The average molecular weight is 422 g/mol. The molecule has 0 saturated carbocycles. The Hall–Kier alpha value is -0.623. The number of nitrogens with zero attached hydrogens (tertiary/aromatic N) is 1. The van der Waals surface area contributed by atoms with Gasteiger partial charge in [-0.2, -0.15) is 35.1 Å². The van der Waals surface area contributed by atoms with Crippen molar-refractivity contribution in [2.45, 2.75) is 68.3 Å². The van der Waals surface area contributed by atoms with Crippen LogP contribution in [0.4, 0.5) is 35.1 Å². The summed E-state index contributed by atoms with van der Waals surface area (Å²) in [6, 6.07) is 0. The summed E-state index contributed by atoms with van der Waals surface area (Å²) < 4.78 is 114. The van der Waals surface area contributed by atoms with Crippen LogP contribution in [0.2, 0.25) is 19.6 Å². The Balaban J connectivity index is 3.47. The lowest BCUT2D eigenvalue weighted by atomic mass is 9.92. The van der Waals surface area contributed by atoms with Crippen LogP contribution in [0.15, 0.2) is 5.16 Å². The highest BCUT2D eigenvalue weighted by molar-refractivity contribution is 6.69. The second-order valence-electron chi connectivity index (χ2n) is 6.47. The summed E-state index contributed by atoms with van der Waals surface area (Å²) in [7, 11) is -3.11. The standard InChI is InChI=1S/C12H16ClF8NO2Si/c1-5-7-6-8(23-22-7,24-25(2,3)4)9(14,15)10(16,17)11(18,19)12(13,20)21/h5-6H2,1-4H3. The molecule has 1 aliphatic rings. The van der Waals surface area contributed by atoms with Gasteiger partial charge in [0, 0.05) is 0 Å². The summed E-state index contributed by atoms with van der Waals surface area (Å²) >= 11 is 3.96. The zero-order valence-electron chi connectivity index (χ0n) is 13.6. The van der Waals surface area contributed by atoms with Gasteiger partial charge in [-0.3, -0.25) is 0 Å². The van der Waals surface area contributed by atoms with Gasteiger partial charge in [0.2, 0.25) is 0 Å². The summed E-state index contributed by atoms with van der Waals surface area (Å²) in [4.78, 5) is 4.33. The molecule has 1 heterocycles. The van der Waals surface area contributed by atoms with Gasteiger partial charge >= 0.3 is 28.9 Å². The third-order valence-electron chi connectivity index (χ3n) is 3.26. The van der Waals surface area contributed by atoms with Gasteiger partial charge in [-0.25, -0.2) is 0 Å². The molecule has 13 heteroatoms. The van der Waals surface area contributed by atoms with Crippen LogP contribution in [0.25, 0.3) is 0 Å². The average Bonchev–Trinajstić information content (AvgIpc) is 2.79. The summed E-state index contributed by atoms with van der Waals surface area (Å²) in [6.45, 7) is 5.31. The quantitative estimate of drug-likeness (QED) is 0.310. The summed E-state index contributed by atoms with van der Waals surface area (Å²) in [6.07, 6.45) is -1.11. The fraction of sp³-hybridized carbons (Fsp3) is 0.917. The first-order valence-electron chi connectivity index (χ1n) is 6.99. The fourth-order valence-corrected chi connectivity index (χ4v) is 3.40. The Kier molecular flexibility index (Phi) is 5.58. The third-order valence-corrected chi connectivity index (χ3v) is 4.44. The summed E-state index contributed by atoms with van der Waals surface area (Å²) in [5, 5.41) is -2.79. The summed E-state index contributed by atoms with van der Waals surface area (Å²) in [5.74, 6) is -22.7. The first-order chi connectivity index (χ1) is 10.8. The third kappa shape index (κ3) is 3.61. The van der Waals surface area contributed by atoms with Crippen LogP contribution in [-0.2, 0) is 9.26 Å². The number of hydrogen-bond donors (Lipinski definition) is 0. The molecule has 0 bridgehead atoms. The SMILES string of the molecule is CCC1=NOC(O[Si](C)(C)C)(C(F)(F)C(F)(F)C(F)(F)C(F)(F)Cl)C1. The predicted octanol–water partition coefficient (Wildman–Crippen LogP) is 5.46. The Bertz CT molecular complexity index is 546. The molecule has 0 amide bonds. The van der Waals surface area contributed by atoms with Crippen molar-refractivity contribution in [2.24, 2.45) is 5.16 Å². The van der Waals surface area contributed by atoms with Crippen molar-refractivity contribution in [3.63, 3.8) is 0 Å². The van der Waals surface area contributed by atoms with Crippen molar-refractivity contribution in [1.29, 1.82) is 0 Å². The van der Waals surface area contributed by atoms with Crippen LogP contribution >= 0.6 is 11.6 Å². The van der Waals surface area contributed by atoms with Crippen molar-refractivity contribution in [2.75, 3.05) is 0 Å². The lowest BCUT2D eigenvalue weighted by Gasteiger charge is -2.43. The van der Waals surface area contributed by atoms with E-state index in [0.29, 0.717) is 0 Å². The van der Waals surface area contributed by atoms with E-state index in [1.165, 1.54) is 26.6 Å². The number of rotatable bonds is 7. The van der Waals surface area contributed by atoms with Crippen molar-refractivity contribution >= 4 is 25.6 Å². The molecular formula is C12H16ClF8NO2Si. The molecule has 1 aliphatic heterocycles. The lowest BCUT2D eigenvalue weighted by Crippen LogP contribution is -2.70. The second-order valence-corrected chi connectivity index (χ2v) is 11.4. The highest BCUT2D eigenvalue weighted by atomic mass is 35.5. The minimum atomic E-state index is -6.59. The smallest absolute Gasteiger partial charge is 0.375 e. The molecular weight excluding hydrogens is 406 g/mol. The maximum Gasteiger partial charge on any atom is 0.393 e. The van der Waals surface area contributed by atoms with Crippen molar-refractivity contribution in [3.8, 4) is 0 Å². The Morgan fingerprint density at radius 1 is 1.08 bits per heavy atom. The monoisotopic (exact) mass is 421 g/mol. The number of alkyl halides is 9. The molecule has 3 nitrogen and oxygen atoms in total. The van der Waals surface area contributed by atoms with Gasteiger partial charge in [0.15, 0.2) is 8.32 Å². The highest BCUT2D eigenvalue weighted by Crippen LogP contribution is 2.59. The second kappa shape index (κ2) is 6.22.